The van der Waals surface area contributed by atoms with Crippen molar-refractivity contribution in [3.63, 3.8) is 0 Å². The van der Waals surface area contributed by atoms with E-state index < -0.39 is 33.0 Å². The van der Waals surface area contributed by atoms with Crippen molar-refractivity contribution in [2.24, 2.45) is 5.41 Å². The first kappa shape index (κ1) is 17.9. The molecule has 0 spiro atoms. The zero-order valence-electron chi connectivity index (χ0n) is 13.7. The SMILES string of the molecule is CCc1ccc([C@@H]2[C@@H](S(=O)(=O)c3ccc(Cl)cc3)[C@@]2(C#N)CO)cc1. The second-order valence-electron chi connectivity index (χ2n) is 6.30. The molecule has 0 aromatic heterocycles. The van der Waals surface area contributed by atoms with Crippen molar-refractivity contribution in [3.8, 4) is 6.07 Å². The van der Waals surface area contributed by atoms with Crippen LogP contribution in [-0.2, 0) is 16.3 Å². The van der Waals surface area contributed by atoms with E-state index in [4.69, 9.17) is 11.6 Å². The number of aryl methyl sites for hydroxylation is 1. The number of aliphatic hydroxyl groups excluding tert-OH is 1. The molecule has 0 amide bonds. The largest absolute Gasteiger partial charge is 0.395 e. The fourth-order valence-electron chi connectivity index (χ4n) is 3.42. The van der Waals surface area contributed by atoms with Crippen molar-refractivity contribution >= 4 is 21.4 Å². The Balaban J connectivity index is 2.04. The van der Waals surface area contributed by atoms with E-state index in [2.05, 4.69) is 6.07 Å². The number of aliphatic hydroxyl groups is 1. The van der Waals surface area contributed by atoms with Crippen LogP contribution in [0, 0.1) is 16.7 Å². The minimum Gasteiger partial charge on any atom is -0.395 e. The van der Waals surface area contributed by atoms with Crippen LogP contribution in [0.3, 0.4) is 0 Å². The lowest BCUT2D eigenvalue weighted by Gasteiger charge is -2.06. The van der Waals surface area contributed by atoms with Gasteiger partial charge in [0, 0.05) is 10.9 Å². The highest BCUT2D eigenvalue weighted by molar-refractivity contribution is 7.92. The maximum Gasteiger partial charge on any atom is 0.183 e. The maximum atomic E-state index is 13.0. The summed E-state index contributed by atoms with van der Waals surface area (Å²) in [6, 6.07) is 15.5. The van der Waals surface area contributed by atoms with Gasteiger partial charge in [0.2, 0.25) is 0 Å². The van der Waals surface area contributed by atoms with Gasteiger partial charge in [-0.1, -0.05) is 42.8 Å². The number of rotatable bonds is 5. The average Bonchev–Trinajstić information content (AvgIpc) is 3.33. The third kappa shape index (κ3) is 2.85. The molecular weight excluding hydrogens is 358 g/mol. The summed E-state index contributed by atoms with van der Waals surface area (Å²) in [5.74, 6) is -0.547. The van der Waals surface area contributed by atoms with Crippen LogP contribution in [0.1, 0.15) is 24.0 Å². The van der Waals surface area contributed by atoms with Gasteiger partial charge >= 0.3 is 0 Å². The lowest BCUT2D eigenvalue weighted by molar-refractivity contribution is 0.242. The topological polar surface area (TPSA) is 78.2 Å². The third-order valence-corrected chi connectivity index (χ3v) is 7.49. The van der Waals surface area contributed by atoms with Crippen molar-refractivity contribution in [1.82, 2.24) is 0 Å². The molecular formula is C19H18ClNO3S. The Morgan fingerprint density at radius 1 is 1.16 bits per heavy atom. The smallest absolute Gasteiger partial charge is 0.183 e. The van der Waals surface area contributed by atoms with Gasteiger partial charge in [-0.3, -0.25) is 0 Å². The number of benzene rings is 2. The van der Waals surface area contributed by atoms with E-state index >= 15 is 0 Å². The van der Waals surface area contributed by atoms with Crippen LogP contribution in [0.2, 0.25) is 5.02 Å². The molecule has 0 aliphatic heterocycles. The third-order valence-electron chi connectivity index (χ3n) is 4.95. The van der Waals surface area contributed by atoms with E-state index in [9.17, 15) is 18.8 Å². The Labute approximate surface area is 152 Å². The number of sulfone groups is 1. The molecule has 1 aliphatic carbocycles. The predicted octanol–water partition coefficient (Wildman–Crippen LogP) is 3.34. The van der Waals surface area contributed by atoms with E-state index in [-0.39, 0.29) is 4.90 Å². The molecule has 0 heterocycles. The molecule has 1 N–H and O–H groups in total. The quantitative estimate of drug-likeness (QED) is 0.869. The van der Waals surface area contributed by atoms with E-state index in [1.54, 1.807) is 0 Å². The van der Waals surface area contributed by atoms with E-state index in [1.807, 2.05) is 31.2 Å². The zero-order chi connectivity index (χ0) is 18.2. The van der Waals surface area contributed by atoms with Crippen molar-refractivity contribution < 1.29 is 13.5 Å². The second kappa shape index (κ2) is 6.45. The number of halogens is 1. The monoisotopic (exact) mass is 375 g/mol. The van der Waals surface area contributed by atoms with Gasteiger partial charge in [0.05, 0.1) is 22.8 Å². The van der Waals surface area contributed by atoms with Crippen molar-refractivity contribution in [3.05, 3.63) is 64.7 Å². The highest BCUT2D eigenvalue weighted by Crippen LogP contribution is 2.63. The molecule has 3 rings (SSSR count). The van der Waals surface area contributed by atoms with Gasteiger partial charge in [-0.05, 0) is 41.8 Å². The number of nitriles is 1. The van der Waals surface area contributed by atoms with Crippen LogP contribution in [0.15, 0.2) is 53.4 Å². The van der Waals surface area contributed by atoms with Gasteiger partial charge in [-0.2, -0.15) is 5.26 Å². The van der Waals surface area contributed by atoms with Crippen molar-refractivity contribution in [1.29, 1.82) is 5.26 Å². The number of hydrogen-bond donors (Lipinski definition) is 1. The molecule has 3 atom stereocenters. The molecule has 0 bridgehead atoms. The Kier molecular flexibility index (Phi) is 4.63. The molecule has 25 heavy (non-hydrogen) atoms. The lowest BCUT2D eigenvalue weighted by atomic mass is 10.00. The molecule has 4 nitrogen and oxygen atoms in total. The van der Waals surface area contributed by atoms with Crippen LogP contribution in [0.4, 0.5) is 0 Å². The highest BCUT2D eigenvalue weighted by Gasteiger charge is 2.72. The fraction of sp³-hybridized carbons (Fsp3) is 0.316. The summed E-state index contributed by atoms with van der Waals surface area (Å²) in [5.41, 5.74) is 0.579. The molecule has 6 heteroatoms. The summed E-state index contributed by atoms with van der Waals surface area (Å²) in [7, 11) is -3.77. The van der Waals surface area contributed by atoms with Crippen LogP contribution >= 0.6 is 11.6 Å². The van der Waals surface area contributed by atoms with Gasteiger partial charge in [-0.15, -0.1) is 0 Å². The van der Waals surface area contributed by atoms with E-state index in [1.165, 1.54) is 24.3 Å². The van der Waals surface area contributed by atoms with Crippen LogP contribution in [0.5, 0.6) is 0 Å². The first-order valence-corrected chi connectivity index (χ1v) is 9.93. The second-order valence-corrected chi connectivity index (χ2v) is 8.81. The average molecular weight is 376 g/mol. The fourth-order valence-corrected chi connectivity index (χ4v) is 5.86. The van der Waals surface area contributed by atoms with Crippen LogP contribution in [-0.4, -0.2) is 25.4 Å². The normalized spacial score (nSPS) is 25.4. The minimum absolute atomic E-state index is 0.114. The molecule has 0 radical (unpaired) electrons. The van der Waals surface area contributed by atoms with E-state index in [0.717, 1.165) is 17.5 Å². The lowest BCUT2D eigenvalue weighted by Crippen LogP contribution is -2.18. The first-order valence-electron chi connectivity index (χ1n) is 8.01. The molecule has 0 saturated heterocycles. The van der Waals surface area contributed by atoms with Gasteiger partial charge in [-0.25, -0.2) is 8.42 Å². The first-order chi connectivity index (χ1) is 11.9. The number of hydrogen-bond acceptors (Lipinski definition) is 4. The molecule has 1 aliphatic rings. The summed E-state index contributed by atoms with van der Waals surface area (Å²) < 4.78 is 26.1. The zero-order valence-corrected chi connectivity index (χ0v) is 15.3. The number of nitrogens with zero attached hydrogens (tertiary/aromatic N) is 1. The maximum absolute atomic E-state index is 13.0. The molecule has 0 unspecified atom stereocenters. The Bertz CT molecular complexity index is 917. The van der Waals surface area contributed by atoms with Crippen molar-refractivity contribution in [2.75, 3.05) is 6.61 Å². The minimum atomic E-state index is -3.77. The molecule has 1 fully saturated rings. The molecule has 130 valence electrons. The Morgan fingerprint density at radius 2 is 1.76 bits per heavy atom. The predicted molar refractivity (Wildman–Crippen MR) is 96.1 cm³/mol. The van der Waals surface area contributed by atoms with Gasteiger partial charge in [0.15, 0.2) is 9.84 Å². The van der Waals surface area contributed by atoms with Gasteiger partial charge in [0.1, 0.15) is 5.41 Å². The highest BCUT2D eigenvalue weighted by atomic mass is 35.5. The standard InChI is InChI=1S/C19H18ClNO3S/c1-2-13-3-5-14(6-4-13)17-18(19(17,11-21)12-22)25(23,24)16-9-7-15(20)8-10-16/h3-10,17-18,22H,2,12H2,1H3/t17-,18-,19+/m1/s1. The summed E-state index contributed by atoms with van der Waals surface area (Å²) in [6.07, 6.45) is 0.876. The summed E-state index contributed by atoms with van der Waals surface area (Å²) in [5, 5.41) is 18.9. The molecule has 2 aromatic rings. The van der Waals surface area contributed by atoms with Gasteiger partial charge in [0.25, 0.3) is 0 Å². The summed E-state index contributed by atoms with van der Waals surface area (Å²) in [6.45, 7) is 1.54. The van der Waals surface area contributed by atoms with E-state index in [0.29, 0.717) is 5.02 Å². The van der Waals surface area contributed by atoms with Gasteiger partial charge < -0.3 is 5.11 Å². The Morgan fingerprint density at radius 3 is 2.24 bits per heavy atom. The van der Waals surface area contributed by atoms with Crippen LogP contribution in [0.25, 0.3) is 0 Å². The van der Waals surface area contributed by atoms with Crippen LogP contribution < -0.4 is 0 Å². The summed E-state index contributed by atoms with van der Waals surface area (Å²) in [4.78, 5) is 0.114. The van der Waals surface area contributed by atoms with Crippen molar-refractivity contribution in [2.45, 2.75) is 29.4 Å². The summed E-state index contributed by atoms with van der Waals surface area (Å²) >= 11 is 5.83. The molecule has 1 saturated carbocycles. The molecule has 2 aromatic carbocycles. The Hall–Kier alpha value is -1.87.